The van der Waals surface area contributed by atoms with Gasteiger partial charge in [-0.2, -0.15) is 5.26 Å². The Morgan fingerprint density at radius 2 is 1.84 bits per heavy atom. The summed E-state index contributed by atoms with van der Waals surface area (Å²) in [6, 6.07) is 16.2. The van der Waals surface area contributed by atoms with Crippen LogP contribution in [0.5, 0.6) is 5.75 Å². The molecule has 0 saturated carbocycles. The molecule has 2 aromatic rings. The Labute approximate surface area is 226 Å². The first-order chi connectivity index (χ1) is 18.2. The van der Waals surface area contributed by atoms with Gasteiger partial charge in [0.05, 0.1) is 53.8 Å². The highest BCUT2D eigenvalue weighted by atomic mass is 32.2. The van der Waals surface area contributed by atoms with Gasteiger partial charge in [0.15, 0.2) is 5.78 Å². The minimum Gasteiger partial charge on any atom is -0.497 e. The predicted octanol–water partition coefficient (Wildman–Crippen LogP) is 4.92. The Hall–Kier alpha value is -4.03. The van der Waals surface area contributed by atoms with Crippen LogP contribution in [0.4, 0.5) is 5.69 Å². The molecule has 0 spiro atoms. The molecule has 0 saturated heterocycles. The Morgan fingerprint density at radius 1 is 1.13 bits per heavy atom. The third kappa shape index (κ3) is 5.60. The number of dihydropyridines is 1. The van der Waals surface area contributed by atoms with Crippen molar-refractivity contribution in [1.82, 2.24) is 5.32 Å². The largest absolute Gasteiger partial charge is 0.497 e. The number of rotatable bonds is 7. The smallest absolute Gasteiger partial charge is 0.339 e. The lowest BCUT2D eigenvalue weighted by molar-refractivity contribution is -0.118. The van der Waals surface area contributed by atoms with Gasteiger partial charge in [0.25, 0.3) is 0 Å². The molecule has 1 aliphatic carbocycles. The number of nitrogens with zero attached hydrogens (tertiary/aromatic N) is 1. The molecule has 2 aromatic carbocycles. The number of anilines is 1. The summed E-state index contributed by atoms with van der Waals surface area (Å²) in [6.07, 6.45) is 1.03. The van der Waals surface area contributed by atoms with Gasteiger partial charge < -0.3 is 20.1 Å². The second-order valence-corrected chi connectivity index (χ2v) is 10.9. The molecule has 0 aromatic heterocycles. The second kappa shape index (κ2) is 11.2. The van der Waals surface area contributed by atoms with E-state index in [2.05, 4.69) is 16.7 Å². The lowest BCUT2D eigenvalue weighted by Crippen LogP contribution is -2.37. The van der Waals surface area contributed by atoms with Gasteiger partial charge in [0.2, 0.25) is 5.91 Å². The van der Waals surface area contributed by atoms with Crippen molar-refractivity contribution in [2.75, 3.05) is 25.3 Å². The third-order valence-electron chi connectivity index (χ3n) is 6.53. The van der Waals surface area contributed by atoms with E-state index in [1.54, 1.807) is 31.4 Å². The number of carbonyl (C=O) groups is 3. The van der Waals surface area contributed by atoms with Gasteiger partial charge in [0, 0.05) is 17.7 Å². The maximum atomic E-state index is 13.3. The molecule has 1 atom stereocenters. The van der Waals surface area contributed by atoms with E-state index in [1.165, 1.54) is 18.9 Å². The van der Waals surface area contributed by atoms with E-state index in [1.807, 2.05) is 38.1 Å². The van der Waals surface area contributed by atoms with Crippen LogP contribution >= 0.6 is 11.8 Å². The highest BCUT2D eigenvalue weighted by Gasteiger charge is 2.42. The van der Waals surface area contributed by atoms with Crippen LogP contribution in [0.2, 0.25) is 0 Å². The average molecular weight is 532 g/mol. The van der Waals surface area contributed by atoms with Crippen molar-refractivity contribution < 1.29 is 23.9 Å². The topological polar surface area (TPSA) is 118 Å². The molecule has 1 heterocycles. The molecule has 2 aliphatic rings. The van der Waals surface area contributed by atoms with Crippen molar-refractivity contribution in [2.45, 2.75) is 32.6 Å². The van der Waals surface area contributed by atoms with Crippen LogP contribution in [-0.4, -0.2) is 37.6 Å². The van der Waals surface area contributed by atoms with E-state index in [4.69, 9.17) is 9.47 Å². The van der Waals surface area contributed by atoms with Gasteiger partial charge in [0.1, 0.15) is 5.75 Å². The number of esters is 1. The van der Waals surface area contributed by atoms with Crippen LogP contribution < -0.4 is 15.4 Å². The molecule has 196 valence electrons. The SMILES string of the molecule is COC(=O)c1ccccc1NC(=O)CSC1=C(C#N)C(c2ccc(OC)cc2)C2=C(CC(C)(C)CC2=O)N1. The summed E-state index contributed by atoms with van der Waals surface area (Å²) in [5, 5.41) is 16.8. The van der Waals surface area contributed by atoms with E-state index in [-0.39, 0.29) is 28.4 Å². The van der Waals surface area contributed by atoms with Gasteiger partial charge in [-0.25, -0.2) is 4.79 Å². The molecule has 1 unspecified atom stereocenters. The van der Waals surface area contributed by atoms with Crippen LogP contribution in [0.15, 0.2) is 70.4 Å². The molecule has 8 nitrogen and oxygen atoms in total. The van der Waals surface area contributed by atoms with E-state index < -0.39 is 11.9 Å². The first kappa shape index (κ1) is 27.0. The number of hydrogen-bond acceptors (Lipinski definition) is 8. The van der Waals surface area contributed by atoms with Crippen LogP contribution in [0.3, 0.4) is 0 Å². The van der Waals surface area contributed by atoms with E-state index in [0.717, 1.165) is 11.3 Å². The lowest BCUT2D eigenvalue weighted by atomic mass is 9.69. The number of allylic oxidation sites excluding steroid dienone is 3. The Kier molecular flexibility index (Phi) is 7.93. The number of ketones is 1. The molecular formula is C29H29N3O5S. The van der Waals surface area contributed by atoms with E-state index in [0.29, 0.717) is 40.5 Å². The number of hydrogen-bond donors (Lipinski definition) is 2. The summed E-state index contributed by atoms with van der Waals surface area (Å²) in [5.41, 5.74) is 2.93. The minimum absolute atomic E-state index is 0.0125. The molecule has 2 N–H and O–H groups in total. The van der Waals surface area contributed by atoms with Crippen molar-refractivity contribution in [2.24, 2.45) is 5.41 Å². The van der Waals surface area contributed by atoms with Crippen LogP contribution in [-0.2, 0) is 14.3 Å². The first-order valence-electron chi connectivity index (χ1n) is 12.1. The number of nitriles is 1. The van der Waals surface area contributed by atoms with Crippen LogP contribution in [0.25, 0.3) is 0 Å². The zero-order valence-electron chi connectivity index (χ0n) is 21.7. The van der Waals surface area contributed by atoms with Crippen molar-refractivity contribution in [3.8, 4) is 11.8 Å². The quantitative estimate of drug-likeness (QED) is 0.484. The number of amides is 1. The highest BCUT2D eigenvalue weighted by Crippen LogP contribution is 2.48. The minimum atomic E-state index is -0.552. The van der Waals surface area contributed by atoms with E-state index in [9.17, 15) is 19.6 Å². The summed E-state index contributed by atoms with van der Waals surface area (Å²) in [6.45, 7) is 4.09. The fraction of sp³-hybridized carbons (Fsp3) is 0.310. The molecule has 9 heteroatoms. The van der Waals surface area contributed by atoms with Gasteiger partial charge in [-0.1, -0.05) is 49.9 Å². The maximum absolute atomic E-state index is 13.3. The zero-order chi connectivity index (χ0) is 27.4. The summed E-state index contributed by atoms with van der Waals surface area (Å²) in [5.74, 6) is -0.774. The monoisotopic (exact) mass is 531 g/mol. The number of benzene rings is 2. The van der Waals surface area contributed by atoms with E-state index >= 15 is 0 Å². The van der Waals surface area contributed by atoms with Gasteiger partial charge in [-0.15, -0.1) is 0 Å². The van der Waals surface area contributed by atoms with Gasteiger partial charge in [-0.3, -0.25) is 9.59 Å². The van der Waals surface area contributed by atoms with Gasteiger partial charge in [-0.05, 0) is 41.7 Å². The molecule has 4 rings (SSSR count). The van der Waals surface area contributed by atoms with Crippen LogP contribution in [0.1, 0.15) is 48.5 Å². The molecule has 0 fully saturated rings. The molecular weight excluding hydrogens is 502 g/mol. The Morgan fingerprint density at radius 3 is 2.50 bits per heavy atom. The fourth-order valence-corrected chi connectivity index (χ4v) is 5.69. The summed E-state index contributed by atoms with van der Waals surface area (Å²) in [4.78, 5) is 38.3. The van der Waals surface area contributed by atoms with Crippen molar-refractivity contribution in [3.63, 3.8) is 0 Å². The summed E-state index contributed by atoms with van der Waals surface area (Å²) < 4.78 is 10.1. The zero-order valence-corrected chi connectivity index (χ0v) is 22.5. The lowest BCUT2D eigenvalue weighted by Gasteiger charge is -2.39. The maximum Gasteiger partial charge on any atom is 0.339 e. The average Bonchev–Trinajstić information content (AvgIpc) is 2.90. The number of ether oxygens (including phenoxy) is 2. The number of Topliss-reactive ketones (excluding diaryl/α,β-unsaturated/α-hetero) is 1. The summed E-state index contributed by atoms with van der Waals surface area (Å²) >= 11 is 1.19. The first-order valence-corrected chi connectivity index (χ1v) is 13.1. The second-order valence-electron chi connectivity index (χ2n) is 9.89. The normalized spacial score (nSPS) is 18.2. The number of carbonyl (C=O) groups excluding carboxylic acids is 3. The number of methoxy groups -OCH3 is 2. The van der Waals surface area contributed by atoms with Crippen molar-refractivity contribution >= 4 is 35.1 Å². The number of para-hydroxylation sites is 1. The van der Waals surface area contributed by atoms with Crippen molar-refractivity contribution in [1.29, 1.82) is 5.26 Å². The third-order valence-corrected chi connectivity index (χ3v) is 7.55. The predicted molar refractivity (Wildman–Crippen MR) is 145 cm³/mol. The molecule has 0 radical (unpaired) electrons. The highest BCUT2D eigenvalue weighted by molar-refractivity contribution is 8.03. The molecule has 1 amide bonds. The van der Waals surface area contributed by atoms with Crippen LogP contribution in [0, 0.1) is 16.7 Å². The summed E-state index contributed by atoms with van der Waals surface area (Å²) in [7, 11) is 2.86. The standard InChI is InChI=1S/C29H29N3O5S/c1-29(2)13-22-26(23(33)14-29)25(17-9-11-18(36-3)12-10-17)20(15-30)27(32-22)38-16-24(34)31-21-8-6-5-7-19(21)28(35)37-4/h5-12,25,32H,13-14,16H2,1-4H3,(H,31,34). The fourth-order valence-electron chi connectivity index (χ4n) is 4.82. The number of nitrogens with one attached hydrogen (secondary N) is 2. The number of thioether (sulfide) groups is 1. The molecule has 38 heavy (non-hydrogen) atoms. The Bertz CT molecular complexity index is 1390. The Balaban J connectivity index is 1.64. The molecule has 0 bridgehead atoms. The molecule has 1 aliphatic heterocycles. The van der Waals surface area contributed by atoms with Gasteiger partial charge >= 0.3 is 5.97 Å². The van der Waals surface area contributed by atoms with Crippen molar-refractivity contribution in [3.05, 3.63) is 81.5 Å².